The standard InChI is InChI=1S/C18H19N5O6/c1-19-14(25)7-21-15(26)8-20-9-2-3-10-11(6-9)18(29)23(17(10)28)12-4-5-13(24)22-16(12)27/h2-3,6,12,20H,4-5,7-8H2,1H3,(H,19,25)(H,21,26)(H,22,24,27). The average molecular weight is 401 g/mol. The molecular formula is C18H19N5O6. The number of amides is 6. The molecule has 0 saturated carbocycles. The lowest BCUT2D eigenvalue weighted by Gasteiger charge is -2.27. The van der Waals surface area contributed by atoms with Gasteiger partial charge in [-0.3, -0.25) is 39.0 Å². The molecule has 1 aromatic rings. The van der Waals surface area contributed by atoms with E-state index in [4.69, 9.17) is 0 Å². The molecule has 2 aliphatic rings. The maximum atomic E-state index is 12.7. The average Bonchev–Trinajstić information content (AvgIpc) is 2.95. The Morgan fingerprint density at radius 1 is 1.07 bits per heavy atom. The molecule has 1 fully saturated rings. The minimum atomic E-state index is -1.04. The Balaban J connectivity index is 1.68. The predicted molar refractivity (Wildman–Crippen MR) is 98.7 cm³/mol. The summed E-state index contributed by atoms with van der Waals surface area (Å²) in [7, 11) is 1.45. The highest BCUT2D eigenvalue weighted by molar-refractivity contribution is 6.23. The largest absolute Gasteiger partial charge is 0.376 e. The summed E-state index contributed by atoms with van der Waals surface area (Å²) in [4.78, 5) is 72.4. The summed E-state index contributed by atoms with van der Waals surface area (Å²) in [5, 5.41) is 9.73. The van der Waals surface area contributed by atoms with Crippen molar-refractivity contribution in [2.75, 3.05) is 25.5 Å². The van der Waals surface area contributed by atoms with E-state index in [2.05, 4.69) is 21.3 Å². The maximum absolute atomic E-state index is 12.7. The summed E-state index contributed by atoms with van der Waals surface area (Å²) in [6.07, 6.45) is 0.120. The van der Waals surface area contributed by atoms with E-state index in [-0.39, 0.29) is 43.0 Å². The fourth-order valence-electron chi connectivity index (χ4n) is 3.09. The molecule has 4 N–H and O–H groups in total. The van der Waals surface area contributed by atoms with Crippen LogP contribution in [0.15, 0.2) is 18.2 Å². The first-order chi connectivity index (χ1) is 13.8. The lowest BCUT2D eigenvalue weighted by molar-refractivity contribution is -0.136. The van der Waals surface area contributed by atoms with Crippen LogP contribution in [0, 0.1) is 0 Å². The Kier molecular flexibility index (Phi) is 5.57. The maximum Gasteiger partial charge on any atom is 0.262 e. The topological polar surface area (TPSA) is 154 Å². The Bertz CT molecular complexity index is 927. The Labute approximate surface area is 165 Å². The van der Waals surface area contributed by atoms with Crippen molar-refractivity contribution < 1.29 is 28.8 Å². The minimum Gasteiger partial charge on any atom is -0.376 e. The van der Waals surface area contributed by atoms with Gasteiger partial charge < -0.3 is 16.0 Å². The summed E-state index contributed by atoms with van der Waals surface area (Å²) < 4.78 is 0. The van der Waals surface area contributed by atoms with E-state index in [1.54, 1.807) is 0 Å². The first kappa shape index (κ1) is 20.0. The van der Waals surface area contributed by atoms with Crippen molar-refractivity contribution in [3.05, 3.63) is 29.3 Å². The number of hydrogen-bond donors (Lipinski definition) is 4. The number of fused-ring (bicyclic) bond motifs is 1. The van der Waals surface area contributed by atoms with E-state index in [1.807, 2.05) is 0 Å². The molecule has 0 bridgehead atoms. The molecule has 1 unspecified atom stereocenters. The number of nitrogens with one attached hydrogen (secondary N) is 4. The van der Waals surface area contributed by atoms with E-state index in [0.29, 0.717) is 5.69 Å². The third-order valence-electron chi connectivity index (χ3n) is 4.62. The van der Waals surface area contributed by atoms with Gasteiger partial charge in [-0.05, 0) is 24.6 Å². The number of likely N-dealkylation sites (N-methyl/N-ethyl adjacent to an activating group) is 1. The highest BCUT2D eigenvalue weighted by Gasteiger charge is 2.44. The van der Waals surface area contributed by atoms with Crippen molar-refractivity contribution in [2.24, 2.45) is 0 Å². The highest BCUT2D eigenvalue weighted by atomic mass is 16.2. The molecule has 152 valence electrons. The van der Waals surface area contributed by atoms with Crippen molar-refractivity contribution in [2.45, 2.75) is 18.9 Å². The Morgan fingerprint density at radius 2 is 1.79 bits per heavy atom. The second-order valence-electron chi connectivity index (χ2n) is 6.51. The number of imide groups is 2. The molecule has 1 saturated heterocycles. The van der Waals surface area contributed by atoms with Gasteiger partial charge in [-0.1, -0.05) is 0 Å². The zero-order chi connectivity index (χ0) is 21.1. The van der Waals surface area contributed by atoms with E-state index in [1.165, 1.54) is 25.2 Å². The van der Waals surface area contributed by atoms with Crippen LogP contribution >= 0.6 is 0 Å². The first-order valence-corrected chi connectivity index (χ1v) is 8.88. The van der Waals surface area contributed by atoms with Gasteiger partial charge in [-0.2, -0.15) is 0 Å². The highest BCUT2D eigenvalue weighted by Crippen LogP contribution is 2.29. The van der Waals surface area contributed by atoms with Crippen LogP contribution in [-0.4, -0.2) is 66.5 Å². The third-order valence-corrected chi connectivity index (χ3v) is 4.62. The van der Waals surface area contributed by atoms with E-state index in [0.717, 1.165) is 4.90 Å². The number of carbonyl (C=O) groups is 6. The van der Waals surface area contributed by atoms with Gasteiger partial charge in [0.25, 0.3) is 11.8 Å². The van der Waals surface area contributed by atoms with Gasteiger partial charge in [0.05, 0.1) is 24.2 Å². The van der Waals surface area contributed by atoms with Crippen LogP contribution < -0.4 is 21.3 Å². The fraction of sp³-hybridized carbons (Fsp3) is 0.333. The summed E-state index contributed by atoms with van der Waals surface area (Å²) >= 11 is 0. The van der Waals surface area contributed by atoms with Crippen molar-refractivity contribution in [1.82, 2.24) is 20.9 Å². The van der Waals surface area contributed by atoms with Gasteiger partial charge in [0.1, 0.15) is 6.04 Å². The molecule has 2 aliphatic heterocycles. The van der Waals surface area contributed by atoms with E-state index >= 15 is 0 Å². The number of anilines is 1. The molecule has 0 radical (unpaired) electrons. The van der Waals surface area contributed by atoms with Gasteiger partial charge in [-0.15, -0.1) is 0 Å². The van der Waals surface area contributed by atoms with E-state index in [9.17, 15) is 28.8 Å². The van der Waals surface area contributed by atoms with Gasteiger partial charge in [-0.25, -0.2) is 0 Å². The van der Waals surface area contributed by atoms with Gasteiger partial charge in [0, 0.05) is 19.2 Å². The number of rotatable bonds is 6. The normalized spacial score (nSPS) is 18.2. The zero-order valence-electron chi connectivity index (χ0n) is 15.5. The second kappa shape index (κ2) is 8.09. The lowest BCUT2D eigenvalue weighted by Crippen LogP contribution is -2.54. The number of carbonyl (C=O) groups excluding carboxylic acids is 6. The molecule has 2 heterocycles. The molecule has 1 atom stereocenters. The van der Waals surface area contributed by atoms with Crippen molar-refractivity contribution >= 4 is 41.1 Å². The van der Waals surface area contributed by atoms with Crippen LogP contribution in [0.25, 0.3) is 0 Å². The summed E-state index contributed by atoms with van der Waals surface area (Å²) in [5.74, 6) is -3.12. The number of nitrogens with zero attached hydrogens (tertiary/aromatic N) is 1. The minimum absolute atomic E-state index is 0.0434. The molecule has 3 rings (SSSR count). The number of hydrogen-bond acceptors (Lipinski definition) is 7. The van der Waals surface area contributed by atoms with Crippen LogP contribution in [0.1, 0.15) is 33.6 Å². The summed E-state index contributed by atoms with van der Waals surface area (Å²) in [5.41, 5.74) is 0.676. The third kappa shape index (κ3) is 4.08. The van der Waals surface area contributed by atoms with Crippen LogP contribution in [0.5, 0.6) is 0 Å². The lowest BCUT2D eigenvalue weighted by atomic mass is 10.0. The molecule has 0 spiro atoms. The Morgan fingerprint density at radius 3 is 2.48 bits per heavy atom. The van der Waals surface area contributed by atoms with Crippen molar-refractivity contribution in [3.8, 4) is 0 Å². The van der Waals surface area contributed by atoms with Gasteiger partial charge in [0.2, 0.25) is 23.6 Å². The monoisotopic (exact) mass is 401 g/mol. The number of benzene rings is 1. The van der Waals surface area contributed by atoms with Crippen molar-refractivity contribution in [1.29, 1.82) is 0 Å². The number of piperidine rings is 1. The molecule has 29 heavy (non-hydrogen) atoms. The second-order valence-corrected chi connectivity index (χ2v) is 6.51. The zero-order valence-corrected chi connectivity index (χ0v) is 15.5. The van der Waals surface area contributed by atoms with Crippen LogP contribution in [0.3, 0.4) is 0 Å². The van der Waals surface area contributed by atoms with Crippen LogP contribution in [-0.2, 0) is 19.2 Å². The quantitative estimate of drug-likeness (QED) is 0.417. The molecule has 6 amide bonds. The predicted octanol–water partition coefficient (Wildman–Crippen LogP) is -1.64. The summed E-state index contributed by atoms with van der Waals surface area (Å²) in [6, 6.07) is 3.36. The molecule has 11 nitrogen and oxygen atoms in total. The first-order valence-electron chi connectivity index (χ1n) is 8.88. The summed E-state index contributed by atoms with van der Waals surface area (Å²) in [6.45, 7) is -0.302. The molecule has 11 heteroatoms. The Hall–Kier alpha value is -3.76. The SMILES string of the molecule is CNC(=O)CNC(=O)CNc1ccc2c(c1)C(=O)N(C1CCC(=O)NC1=O)C2=O. The van der Waals surface area contributed by atoms with Crippen LogP contribution in [0.4, 0.5) is 5.69 Å². The van der Waals surface area contributed by atoms with Crippen LogP contribution in [0.2, 0.25) is 0 Å². The fourth-order valence-corrected chi connectivity index (χ4v) is 3.09. The molecular weight excluding hydrogens is 382 g/mol. The van der Waals surface area contributed by atoms with E-state index < -0.39 is 35.6 Å². The molecule has 0 aromatic heterocycles. The van der Waals surface area contributed by atoms with Gasteiger partial charge >= 0.3 is 0 Å². The molecule has 0 aliphatic carbocycles. The van der Waals surface area contributed by atoms with Gasteiger partial charge in [0.15, 0.2) is 0 Å². The smallest absolute Gasteiger partial charge is 0.262 e. The van der Waals surface area contributed by atoms with Crippen molar-refractivity contribution in [3.63, 3.8) is 0 Å². The molecule has 1 aromatic carbocycles.